The van der Waals surface area contributed by atoms with Crippen molar-refractivity contribution in [2.24, 2.45) is 0 Å². The van der Waals surface area contributed by atoms with Crippen LogP contribution in [0, 0.1) is 6.92 Å². The fourth-order valence-electron chi connectivity index (χ4n) is 3.28. The second-order valence-electron chi connectivity index (χ2n) is 6.66. The first-order valence-electron chi connectivity index (χ1n) is 9.11. The van der Waals surface area contributed by atoms with Crippen molar-refractivity contribution in [1.82, 2.24) is 30.6 Å². The molecule has 3 aromatic rings. The summed E-state index contributed by atoms with van der Waals surface area (Å²) in [7, 11) is 0. The molecule has 0 fully saturated rings. The van der Waals surface area contributed by atoms with Gasteiger partial charge >= 0.3 is 0 Å². The predicted molar refractivity (Wildman–Crippen MR) is 98.9 cm³/mol. The second kappa shape index (κ2) is 7.32. The van der Waals surface area contributed by atoms with Crippen LogP contribution in [0.1, 0.15) is 40.1 Å². The highest BCUT2D eigenvalue weighted by Crippen LogP contribution is 2.20. The number of H-pyrrole nitrogens is 1. The summed E-state index contributed by atoms with van der Waals surface area (Å²) in [4.78, 5) is 19.1. The van der Waals surface area contributed by atoms with Crippen molar-refractivity contribution in [2.75, 3.05) is 13.1 Å². The van der Waals surface area contributed by atoms with E-state index < -0.39 is 0 Å². The molecule has 8 heteroatoms. The molecule has 0 saturated carbocycles. The lowest BCUT2D eigenvalue weighted by Crippen LogP contribution is -2.32. The zero-order valence-electron chi connectivity index (χ0n) is 15.5. The molecular weight excluding hydrogens is 344 g/mol. The Labute approximate surface area is 157 Å². The molecule has 0 aliphatic carbocycles. The minimum Gasteiger partial charge on any atom is -0.337 e. The summed E-state index contributed by atoms with van der Waals surface area (Å²) >= 11 is 0. The van der Waals surface area contributed by atoms with Gasteiger partial charge < -0.3 is 14.7 Å². The molecule has 3 heterocycles. The number of rotatable bonds is 5. The van der Waals surface area contributed by atoms with Crippen LogP contribution < -0.4 is 5.32 Å². The van der Waals surface area contributed by atoms with Gasteiger partial charge in [-0.05, 0) is 32.9 Å². The summed E-state index contributed by atoms with van der Waals surface area (Å²) in [5, 5.41) is 14.5. The van der Waals surface area contributed by atoms with E-state index in [4.69, 9.17) is 4.52 Å². The molecule has 1 aromatic carbocycles. The van der Waals surface area contributed by atoms with Gasteiger partial charge in [0.2, 0.25) is 11.7 Å². The molecule has 0 saturated heterocycles. The summed E-state index contributed by atoms with van der Waals surface area (Å²) < 4.78 is 5.38. The number of aromatic nitrogens is 4. The lowest BCUT2D eigenvalue weighted by molar-refractivity contribution is 0.0727. The Hall–Kier alpha value is -3.00. The normalized spacial score (nSPS) is 13.4. The zero-order chi connectivity index (χ0) is 18.8. The van der Waals surface area contributed by atoms with Gasteiger partial charge in [0.1, 0.15) is 6.54 Å². The Morgan fingerprint density at radius 3 is 3.07 bits per heavy atom. The SMILES string of the molecule is CCN(Cc1nc(-c2cccc(C)c2)no1)C(=O)c1n[nH]c2c1CCNC2. The molecule has 2 N–H and O–H groups in total. The van der Waals surface area contributed by atoms with Crippen LogP contribution in [0.5, 0.6) is 0 Å². The van der Waals surface area contributed by atoms with E-state index in [1.165, 1.54) is 0 Å². The maximum absolute atomic E-state index is 13.0. The lowest BCUT2D eigenvalue weighted by Gasteiger charge is -2.19. The van der Waals surface area contributed by atoms with E-state index in [0.29, 0.717) is 30.5 Å². The van der Waals surface area contributed by atoms with Gasteiger partial charge in [0.05, 0.1) is 5.69 Å². The van der Waals surface area contributed by atoms with Crippen molar-refractivity contribution in [3.63, 3.8) is 0 Å². The molecule has 0 atom stereocenters. The predicted octanol–water partition coefficient (Wildman–Crippen LogP) is 2.08. The van der Waals surface area contributed by atoms with Crippen molar-refractivity contribution in [3.8, 4) is 11.4 Å². The first-order chi connectivity index (χ1) is 13.2. The maximum atomic E-state index is 13.0. The smallest absolute Gasteiger partial charge is 0.275 e. The second-order valence-corrected chi connectivity index (χ2v) is 6.66. The number of fused-ring (bicyclic) bond motifs is 1. The fourth-order valence-corrected chi connectivity index (χ4v) is 3.28. The summed E-state index contributed by atoms with van der Waals surface area (Å²) in [5.74, 6) is 0.820. The molecule has 1 aliphatic heterocycles. The molecule has 4 rings (SSSR count). The van der Waals surface area contributed by atoms with E-state index in [9.17, 15) is 4.79 Å². The van der Waals surface area contributed by atoms with Crippen molar-refractivity contribution < 1.29 is 9.32 Å². The van der Waals surface area contributed by atoms with Crippen molar-refractivity contribution >= 4 is 5.91 Å². The molecule has 27 heavy (non-hydrogen) atoms. The Morgan fingerprint density at radius 1 is 1.37 bits per heavy atom. The molecule has 0 unspecified atom stereocenters. The van der Waals surface area contributed by atoms with Gasteiger partial charge in [0.15, 0.2) is 5.69 Å². The van der Waals surface area contributed by atoms with Gasteiger partial charge in [-0.3, -0.25) is 9.89 Å². The van der Waals surface area contributed by atoms with Gasteiger partial charge in [-0.15, -0.1) is 0 Å². The number of benzene rings is 1. The van der Waals surface area contributed by atoms with Crippen LogP contribution in [0.2, 0.25) is 0 Å². The molecule has 0 spiro atoms. The fraction of sp³-hybridized carbons (Fsp3) is 0.368. The van der Waals surface area contributed by atoms with Crippen LogP contribution in [0.15, 0.2) is 28.8 Å². The van der Waals surface area contributed by atoms with Crippen molar-refractivity contribution in [3.05, 3.63) is 52.7 Å². The summed E-state index contributed by atoms with van der Waals surface area (Å²) in [6.45, 7) is 6.29. The van der Waals surface area contributed by atoms with Gasteiger partial charge in [0.25, 0.3) is 5.91 Å². The topological polar surface area (TPSA) is 99.9 Å². The van der Waals surface area contributed by atoms with Crippen LogP contribution in [0.4, 0.5) is 0 Å². The summed E-state index contributed by atoms with van der Waals surface area (Å²) in [6.07, 6.45) is 0.794. The van der Waals surface area contributed by atoms with Crippen LogP contribution in [-0.4, -0.2) is 44.2 Å². The average molecular weight is 366 g/mol. The first-order valence-corrected chi connectivity index (χ1v) is 9.11. The van der Waals surface area contributed by atoms with Crippen LogP contribution in [0.3, 0.4) is 0 Å². The molecule has 0 bridgehead atoms. The number of aryl methyl sites for hydroxylation is 1. The van der Waals surface area contributed by atoms with E-state index >= 15 is 0 Å². The van der Waals surface area contributed by atoms with Gasteiger partial charge in [-0.25, -0.2) is 0 Å². The number of aromatic amines is 1. The van der Waals surface area contributed by atoms with Crippen LogP contribution >= 0.6 is 0 Å². The van der Waals surface area contributed by atoms with Crippen LogP contribution in [-0.2, 0) is 19.5 Å². The Kier molecular flexibility index (Phi) is 4.72. The third kappa shape index (κ3) is 3.48. The van der Waals surface area contributed by atoms with Gasteiger partial charge in [-0.2, -0.15) is 10.1 Å². The van der Waals surface area contributed by atoms with E-state index in [-0.39, 0.29) is 12.5 Å². The number of nitrogens with one attached hydrogen (secondary N) is 2. The Balaban J connectivity index is 1.52. The highest BCUT2D eigenvalue weighted by Gasteiger charge is 2.26. The number of hydrogen-bond donors (Lipinski definition) is 2. The Morgan fingerprint density at radius 2 is 2.26 bits per heavy atom. The van der Waals surface area contributed by atoms with Crippen LogP contribution in [0.25, 0.3) is 11.4 Å². The summed E-state index contributed by atoms with van der Waals surface area (Å²) in [6, 6.07) is 7.91. The molecule has 140 valence electrons. The van der Waals surface area contributed by atoms with E-state index in [0.717, 1.165) is 35.3 Å². The highest BCUT2D eigenvalue weighted by molar-refractivity contribution is 5.94. The van der Waals surface area contributed by atoms with Gasteiger partial charge in [-0.1, -0.05) is 28.9 Å². The van der Waals surface area contributed by atoms with E-state index in [1.807, 2.05) is 38.1 Å². The maximum Gasteiger partial charge on any atom is 0.275 e. The molecule has 0 radical (unpaired) electrons. The third-order valence-corrected chi connectivity index (χ3v) is 4.75. The monoisotopic (exact) mass is 366 g/mol. The van der Waals surface area contributed by atoms with Crippen molar-refractivity contribution in [1.29, 1.82) is 0 Å². The van der Waals surface area contributed by atoms with E-state index in [1.54, 1.807) is 4.90 Å². The van der Waals surface area contributed by atoms with Crippen molar-refractivity contribution in [2.45, 2.75) is 33.4 Å². The summed E-state index contributed by atoms with van der Waals surface area (Å²) in [5.41, 5.74) is 4.50. The number of amides is 1. The minimum absolute atomic E-state index is 0.118. The molecular formula is C19H22N6O2. The quantitative estimate of drug-likeness (QED) is 0.717. The highest BCUT2D eigenvalue weighted by atomic mass is 16.5. The third-order valence-electron chi connectivity index (χ3n) is 4.75. The molecule has 8 nitrogen and oxygen atoms in total. The first kappa shape index (κ1) is 17.4. The number of hydrogen-bond acceptors (Lipinski definition) is 6. The average Bonchev–Trinajstić information content (AvgIpc) is 3.32. The number of carbonyl (C=O) groups excluding carboxylic acids is 1. The molecule has 2 aromatic heterocycles. The number of carbonyl (C=O) groups is 1. The number of nitrogens with zero attached hydrogens (tertiary/aromatic N) is 4. The standard InChI is InChI=1S/C19H22N6O2/c1-3-25(19(26)17-14-7-8-20-10-15(14)22-23-17)11-16-21-18(24-27-16)13-6-4-5-12(2)9-13/h4-6,9,20H,3,7-8,10-11H2,1-2H3,(H,22,23). The largest absolute Gasteiger partial charge is 0.337 e. The zero-order valence-corrected chi connectivity index (χ0v) is 15.5. The van der Waals surface area contributed by atoms with Gasteiger partial charge in [0, 0.05) is 24.2 Å². The van der Waals surface area contributed by atoms with E-state index in [2.05, 4.69) is 25.7 Å². The molecule has 1 aliphatic rings. The minimum atomic E-state index is -0.118. The lowest BCUT2D eigenvalue weighted by atomic mass is 10.1. The molecule has 1 amide bonds. The Bertz CT molecular complexity index is 961.